The summed E-state index contributed by atoms with van der Waals surface area (Å²) in [7, 11) is 1.48. The summed E-state index contributed by atoms with van der Waals surface area (Å²) in [5.74, 6) is -1.07. The van der Waals surface area contributed by atoms with Crippen LogP contribution in [0, 0.1) is 11.3 Å². The predicted octanol–water partition coefficient (Wildman–Crippen LogP) is 1.19. The highest BCUT2D eigenvalue weighted by Gasteiger charge is 2.42. The Kier molecular flexibility index (Phi) is 3.13. The maximum absolute atomic E-state index is 12.2. The molecule has 1 heterocycles. The van der Waals surface area contributed by atoms with Gasteiger partial charge in [0.15, 0.2) is 0 Å². The zero-order chi connectivity index (χ0) is 14.2. The number of aliphatic carboxylic acids is 1. The lowest BCUT2D eigenvalue weighted by atomic mass is 10.1. The summed E-state index contributed by atoms with van der Waals surface area (Å²) in [6.07, 6.45) is 0. The number of nitriles is 1. The van der Waals surface area contributed by atoms with E-state index >= 15 is 0 Å². The van der Waals surface area contributed by atoms with Crippen molar-refractivity contribution in [2.45, 2.75) is 19.0 Å². The molecule has 0 aromatic heterocycles. The number of carboxylic acids is 1. The van der Waals surface area contributed by atoms with E-state index in [9.17, 15) is 14.9 Å². The van der Waals surface area contributed by atoms with E-state index in [1.807, 2.05) is 6.07 Å². The molecule has 98 valence electrons. The van der Waals surface area contributed by atoms with Crippen LogP contribution in [0.2, 0.25) is 0 Å². The molecule has 1 aromatic carbocycles. The SMILES string of the molecule is COc1ccc2c(c1)C(C#N)N(C(C)C(=O)O)C2=O. The number of rotatable bonds is 3. The third-order valence-corrected chi connectivity index (χ3v) is 3.19. The maximum atomic E-state index is 12.2. The summed E-state index contributed by atoms with van der Waals surface area (Å²) >= 11 is 0. The molecular formula is C13H12N2O4. The second-order valence-electron chi connectivity index (χ2n) is 4.21. The van der Waals surface area contributed by atoms with Crippen molar-refractivity contribution in [2.24, 2.45) is 0 Å². The van der Waals surface area contributed by atoms with E-state index in [0.717, 1.165) is 4.90 Å². The van der Waals surface area contributed by atoms with Crippen molar-refractivity contribution in [1.82, 2.24) is 4.90 Å². The van der Waals surface area contributed by atoms with Crippen LogP contribution in [0.4, 0.5) is 0 Å². The van der Waals surface area contributed by atoms with Gasteiger partial charge in [-0.25, -0.2) is 4.79 Å². The highest BCUT2D eigenvalue weighted by atomic mass is 16.5. The Labute approximate surface area is 109 Å². The summed E-state index contributed by atoms with van der Waals surface area (Å²) in [6, 6.07) is 4.77. The lowest BCUT2D eigenvalue weighted by Crippen LogP contribution is -2.41. The number of hydrogen-bond donors (Lipinski definition) is 1. The normalized spacial score (nSPS) is 18.7. The van der Waals surface area contributed by atoms with Crippen LogP contribution in [-0.2, 0) is 4.79 Å². The van der Waals surface area contributed by atoms with Crippen molar-refractivity contribution in [3.8, 4) is 11.8 Å². The van der Waals surface area contributed by atoms with Crippen LogP contribution in [0.5, 0.6) is 5.75 Å². The molecule has 0 saturated heterocycles. The van der Waals surface area contributed by atoms with E-state index in [2.05, 4.69) is 0 Å². The molecule has 1 aromatic rings. The van der Waals surface area contributed by atoms with Crippen LogP contribution < -0.4 is 4.74 Å². The summed E-state index contributed by atoms with van der Waals surface area (Å²) in [6.45, 7) is 1.38. The average molecular weight is 260 g/mol. The van der Waals surface area contributed by atoms with Crippen LogP contribution in [0.15, 0.2) is 18.2 Å². The Balaban J connectivity index is 2.52. The van der Waals surface area contributed by atoms with Crippen molar-refractivity contribution >= 4 is 11.9 Å². The molecular weight excluding hydrogens is 248 g/mol. The standard InChI is InChI=1S/C13H12N2O4/c1-7(13(17)18)15-11(6-14)10-5-8(19-2)3-4-9(10)12(15)16/h3-5,7,11H,1-2H3,(H,17,18). The van der Waals surface area contributed by atoms with E-state index in [1.54, 1.807) is 18.2 Å². The van der Waals surface area contributed by atoms with Crippen molar-refractivity contribution in [2.75, 3.05) is 7.11 Å². The summed E-state index contributed by atoms with van der Waals surface area (Å²) in [4.78, 5) is 24.3. The van der Waals surface area contributed by atoms with Gasteiger partial charge in [-0.2, -0.15) is 5.26 Å². The minimum Gasteiger partial charge on any atom is -0.497 e. The number of fused-ring (bicyclic) bond motifs is 1. The van der Waals surface area contributed by atoms with Gasteiger partial charge in [0.05, 0.1) is 13.2 Å². The molecule has 0 spiro atoms. The fourth-order valence-corrected chi connectivity index (χ4v) is 2.15. The third-order valence-electron chi connectivity index (χ3n) is 3.19. The van der Waals surface area contributed by atoms with Gasteiger partial charge in [0.2, 0.25) is 0 Å². The number of carboxylic acid groups (broad SMARTS) is 1. The Morgan fingerprint density at radius 1 is 1.58 bits per heavy atom. The van der Waals surface area contributed by atoms with Gasteiger partial charge in [0.25, 0.3) is 5.91 Å². The van der Waals surface area contributed by atoms with E-state index in [1.165, 1.54) is 14.0 Å². The smallest absolute Gasteiger partial charge is 0.326 e. The van der Waals surface area contributed by atoms with E-state index < -0.39 is 24.0 Å². The molecule has 19 heavy (non-hydrogen) atoms. The van der Waals surface area contributed by atoms with Crippen LogP contribution in [0.3, 0.4) is 0 Å². The molecule has 1 N–H and O–H groups in total. The first-order valence-corrected chi connectivity index (χ1v) is 5.64. The minimum atomic E-state index is -1.15. The van der Waals surface area contributed by atoms with Gasteiger partial charge in [-0.3, -0.25) is 4.79 Å². The van der Waals surface area contributed by atoms with Crippen LogP contribution in [0.25, 0.3) is 0 Å². The number of ether oxygens (including phenoxy) is 1. The topological polar surface area (TPSA) is 90.6 Å². The van der Waals surface area contributed by atoms with Gasteiger partial charge in [0, 0.05) is 11.1 Å². The lowest BCUT2D eigenvalue weighted by Gasteiger charge is -2.24. The van der Waals surface area contributed by atoms with E-state index in [-0.39, 0.29) is 0 Å². The van der Waals surface area contributed by atoms with Crippen molar-refractivity contribution in [3.05, 3.63) is 29.3 Å². The number of hydrogen-bond acceptors (Lipinski definition) is 4. The van der Waals surface area contributed by atoms with Crippen molar-refractivity contribution in [3.63, 3.8) is 0 Å². The second kappa shape index (κ2) is 4.61. The number of nitrogens with zero attached hydrogens (tertiary/aromatic N) is 2. The molecule has 1 amide bonds. The highest BCUT2D eigenvalue weighted by Crippen LogP contribution is 2.36. The molecule has 1 aliphatic heterocycles. The fourth-order valence-electron chi connectivity index (χ4n) is 2.15. The number of carbonyl (C=O) groups excluding carboxylic acids is 1. The molecule has 2 unspecified atom stereocenters. The lowest BCUT2D eigenvalue weighted by molar-refractivity contribution is -0.142. The molecule has 0 fully saturated rings. The van der Waals surface area contributed by atoms with Crippen molar-refractivity contribution in [1.29, 1.82) is 5.26 Å². The van der Waals surface area contributed by atoms with Crippen molar-refractivity contribution < 1.29 is 19.4 Å². The van der Waals surface area contributed by atoms with Crippen LogP contribution >= 0.6 is 0 Å². The Morgan fingerprint density at radius 3 is 2.79 bits per heavy atom. The molecule has 6 nitrogen and oxygen atoms in total. The number of benzene rings is 1. The molecule has 0 radical (unpaired) electrons. The molecule has 6 heteroatoms. The summed E-state index contributed by atoms with van der Waals surface area (Å²) in [5, 5.41) is 18.2. The highest BCUT2D eigenvalue weighted by molar-refractivity contribution is 6.01. The van der Waals surface area contributed by atoms with Crippen LogP contribution in [-0.4, -0.2) is 35.0 Å². The summed E-state index contributed by atoms with van der Waals surface area (Å²) in [5.41, 5.74) is 0.834. The first-order valence-electron chi connectivity index (χ1n) is 5.64. The van der Waals surface area contributed by atoms with E-state index in [4.69, 9.17) is 9.84 Å². The van der Waals surface area contributed by atoms with Gasteiger partial charge in [0.1, 0.15) is 17.8 Å². The number of amides is 1. The zero-order valence-electron chi connectivity index (χ0n) is 10.5. The zero-order valence-corrected chi connectivity index (χ0v) is 10.5. The quantitative estimate of drug-likeness (QED) is 0.881. The van der Waals surface area contributed by atoms with Gasteiger partial charge in [-0.05, 0) is 25.1 Å². The summed E-state index contributed by atoms with van der Waals surface area (Å²) < 4.78 is 5.06. The molecule has 0 aliphatic carbocycles. The van der Waals surface area contributed by atoms with Gasteiger partial charge in [-0.15, -0.1) is 0 Å². The largest absolute Gasteiger partial charge is 0.497 e. The first kappa shape index (κ1) is 12.9. The van der Waals surface area contributed by atoms with Gasteiger partial charge >= 0.3 is 5.97 Å². The monoisotopic (exact) mass is 260 g/mol. The fraction of sp³-hybridized carbons (Fsp3) is 0.308. The Bertz CT molecular complexity index is 591. The van der Waals surface area contributed by atoms with Gasteiger partial charge < -0.3 is 14.7 Å². The minimum absolute atomic E-state index is 0.348. The van der Waals surface area contributed by atoms with E-state index in [0.29, 0.717) is 16.9 Å². The van der Waals surface area contributed by atoms with Gasteiger partial charge in [-0.1, -0.05) is 0 Å². The molecule has 2 atom stereocenters. The molecule has 1 aliphatic rings. The number of carbonyl (C=O) groups is 2. The Hall–Kier alpha value is -2.55. The average Bonchev–Trinajstić information content (AvgIpc) is 2.69. The third kappa shape index (κ3) is 1.89. The first-order chi connectivity index (χ1) is 9.01. The molecule has 2 rings (SSSR count). The second-order valence-corrected chi connectivity index (χ2v) is 4.21. The molecule has 0 saturated carbocycles. The predicted molar refractivity (Wildman–Crippen MR) is 64.6 cm³/mol. The van der Waals surface area contributed by atoms with Crippen LogP contribution in [0.1, 0.15) is 28.9 Å². The number of methoxy groups -OCH3 is 1. The maximum Gasteiger partial charge on any atom is 0.326 e. The molecule has 0 bridgehead atoms. The Morgan fingerprint density at radius 2 is 2.26 bits per heavy atom.